The summed E-state index contributed by atoms with van der Waals surface area (Å²) >= 11 is 0. The first kappa shape index (κ1) is 22.1. The molecule has 0 saturated heterocycles. The molecule has 0 radical (unpaired) electrons. The molecule has 0 unspecified atom stereocenters. The van der Waals surface area contributed by atoms with Crippen LogP contribution in [-0.2, 0) is 22.7 Å². The van der Waals surface area contributed by atoms with Gasteiger partial charge in [-0.05, 0) is 35.7 Å². The summed E-state index contributed by atoms with van der Waals surface area (Å²) in [5.74, 6) is 0.232. The van der Waals surface area contributed by atoms with Gasteiger partial charge in [0.1, 0.15) is 12.4 Å². The number of nitrogens with one attached hydrogen (secondary N) is 1. The SMILES string of the molecule is COc1ccc([C@@H]2NC(=O)N(Cc3ccccc3)C(C)=C2C(=O)OCc2ccccc2)cc1. The number of methoxy groups -OCH3 is 1. The second-order valence-electron chi connectivity index (χ2n) is 7.79. The van der Waals surface area contributed by atoms with E-state index in [2.05, 4.69) is 5.32 Å². The standard InChI is InChI=1S/C27H26N2O4/c1-19-24(26(30)33-18-21-11-7-4-8-12-21)25(22-13-15-23(32-2)16-14-22)28-27(31)29(19)17-20-9-5-3-6-10-20/h3-16,25H,17-18H2,1-2H3,(H,28,31)/t25-/m0/s1. The molecule has 3 aromatic rings. The Bertz CT molecular complexity index is 1140. The minimum absolute atomic E-state index is 0.151. The summed E-state index contributed by atoms with van der Waals surface area (Å²) < 4.78 is 10.9. The van der Waals surface area contributed by atoms with Crippen LogP contribution >= 0.6 is 0 Å². The molecule has 1 aliphatic rings. The number of allylic oxidation sites excluding steroid dienone is 1. The predicted molar refractivity (Wildman–Crippen MR) is 125 cm³/mol. The Morgan fingerprint density at radius 3 is 2.12 bits per heavy atom. The quantitative estimate of drug-likeness (QED) is 0.524. The van der Waals surface area contributed by atoms with Crippen molar-refractivity contribution in [1.29, 1.82) is 0 Å². The molecule has 0 fully saturated rings. The van der Waals surface area contributed by atoms with E-state index >= 15 is 0 Å². The van der Waals surface area contributed by atoms with E-state index in [4.69, 9.17) is 9.47 Å². The number of carbonyl (C=O) groups is 2. The molecule has 1 N–H and O–H groups in total. The lowest BCUT2D eigenvalue weighted by Gasteiger charge is -2.35. The summed E-state index contributed by atoms with van der Waals surface area (Å²) in [4.78, 5) is 28.0. The highest BCUT2D eigenvalue weighted by Crippen LogP contribution is 2.33. The second kappa shape index (κ2) is 10.0. The number of rotatable bonds is 7. The van der Waals surface area contributed by atoms with Crippen molar-refractivity contribution < 1.29 is 19.1 Å². The monoisotopic (exact) mass is 442 g/mol. The molecule has 168 valence electrons. The first-order valence-electron chi connectivity index (χ1n) is 10.7. The molecular formula is C27H26N2O4. The van der Waals surface area contributed by atoms with Crippen LogP contribution in [0, 0.1) is 0 Å². The zero-order valence-electron chi connectivity index (χ0n) is 18.7. The fourth-order valence-electron chi connectivity index (χ4n) is 3.85. The average molecular weight is 443 g/mol. The number of hydrogen-bond donors (Lipinski definition) is 1. The summed E-state index contributed by atoms with van der Waals surface area (Å²) in [6, 6.07) is 25.6. The fraction of sp³-hybridized carbons (Fsp3) is 0.185. The molecule has 0 saturated carbocycles. The molecule has 0 spiro atoms. The van der Waals surface area contributed by atoms with E-state index < -0.39 is 12.0 Å². The molecule has 33 heavy (non-hydrogen) atoms. The van der Waals surface area contributed by atoms with Gasteiger partial charge in [0, 0.05) is 5.70 Å². The minimum Gasteiger partial charge on any atom is -0.497 e. The van der Waals surface area contributed by atoms with Gasteiger partial charge in [-0.25, -0.2) is 9.59 Å². The Morgan fingerprint density at radius 2 is 1.52 bits per heavy atom. The van der Waals surface area contributed by atoms with Crippen molar-refractivity contribution in [3.8, 4) is 5.75 Å². The topological polar surface area (TPSA) is 67.9 Å². The van der Waals surface area contributed by atoms with Gasteiger partial charge >= 0.3 is 12.0 Å². The van der Waals surface area contributed by atoms with Crippen LogP contribution in [0.25, 0.3) is 0 Å². The summed E-state index contributed by atoms with van der Waals surface area (Å²) in [5.41, 5.74) is 3.61. The Balaban J connectivity index is 1.67. The van der Waals surface area contributed by atoms with Gasteiger partial charge in [0.2, 0.25) is 0 Å². The third-order valence-corrected chi connectivity index (χ3v) is 5.66. The number of urea groups is 1. The zero-order chi connectivity index (χ0) is 23.2. The number of carbonyl (C=O) groups excluding carboxylic acids is 2. The molecule has 0 bridgehead atoms. The molecule has 2 amide bonds. The van der Waals surface area contributed by atoms with Crippen LogP contribution in [0.5, 0.6) is 5.75 Å². The molecule has 6 nitrogen and oxygen atoms in total. The normalized spacial score (nSPS) is 15.8. The molecular weight excluding hydrogens is 416 g/mol. The Kier molecular flexibility index (Phi) is 6.74. The van der Waals surface area contributed by atoms with Crippen LogP contribution in [-0.4, -0.2) is 24.0 Å². The van der Waals surface area contributed by atoms with Crippen molar-refractivity contribution in [3.05, 3.63) is 113 Å². The molecule has 0 aliphatic carbocycles. The maximum absolute atomic E-state index is 13.3. The highest BCUT2D eigenvalue weighted by molar-refractivity contribution is 5.95. The summed E-state index contributed by atoms with van der Waals surface area (Å²) in [6.07, 6.45) is 0. The van der Waals surface area contributed by atoms with E-state index in [0.717, 1.165) is 16.7 Å². The smallest absolute Gasteiger partial charge is 0.338 e. The van der Waals surface area contributed by atoms with Crippen LogP contribution in [0.15, 0.2) is 96.2 Å². The van der Waals surface area contributed by atoms with Gasteiger partial charge in [-0.15, -0.1) is 0 Å². The number of nitrogens with zero attached hydrogens (tertiary/aromatic N) is 1. The average Bonchev–Trinajstić information content (AvgIpc) is 2.86. The largest absolute Gasteiger partial charge is 0.497 e. The van der Waals surface area contributed by atoms with Crippen molar-refractivity contribution in [1.82, 2.24) is 10.2 Å². The van der Waals surface area contributed by atoms with E-state index in [1.54, 1.807) is 31.1 Å². The van der Waals surface area contributed by atoms with Crippen molar-refractivity contribution in [2.24, 2.45) is 0 Å². The maximum atomic E-state index is 13.3. The van der Waals surface area contributed by atoms with E-state index in [9.17, 15) is 9.59 Å². The molecule has 1 aliphatic heterocycles. The lowest BCUT2D eigenvalue weighted by atomic mass is 9.94. The van der Waals surface area contributed by atoms with E-state index in [0.29, 0.717) is 23.6 Å². The van der Waals surface area contributed by atoms with Crippen LogP contribution < -0.4 is 10.1 Å². The van der Waals surface area contributed by atoms with Gasteiger partial charge in [-0.2, -0.15) is 0 Å². The van der Waals surface area contributed by atoms with Gasteiger partial charge in [0.05, 0.1) is 25.3 Å². The minimum atomic E-state index is -0.626. The van der Waals surface area contributed by atoms with E-state index in [1.165, 1.54) is 0 Å². The van der Waals surface area contributed by atoms with Crippen molar-refractivity contribution >= 4 is 12.0 Å². The van der Waals surface area contributed by atoms with Crippen LogP contribution in [0.1, 0.15) is 29.7 Å². The van der Waals surface area contributed by atoms with Crippen LogP contribution in [0.2, 0.25) is 0 Å². The Hall–Kier alpha value is -4.06. The number of benzene rings is 3. The molecule has 0 aromatic heterocycles. The van der Waals surface area contributed by atoms with Gasteiger partial charge in [-0.1, -0.05) is 72.8 Å². The maximum Gasteiger partial charge on any atom is 0.338 e. The Morgan fingerprint density at radius 1 is 0.909 bits per heavy atom. The fourth-order valence-corrected chi connectivity index (χ4v) is 3.85. The highest BCUT2D eigenvalue weighted by Gasteiger charge is 2.36. The number of esters is 1. The van der Waals surface area contributed by atoms with E-state index in [-0.39, 0.29) is 12.6 Å². The highest BCUT2D eigenvalue weighted by atomic mass is 16.5. The van der Waals surface area contributed by atoms with Gasteiger partial charge in [0.15, 0.2) is 0 Å². The van der Waals surface area contributed by atoms with E-state index in [1.807, 2.05) is 72.8 Å². The van der Waals surface area contributed by atoms with Crippen molar-refractivity contribution in [2.75, 3.05) is 7.11 Å². The third kappa shape index (κ3) is 5.06. The number of amides is 2. The molecule has 1 atom stereocenters. The van der Waals surface area contributed by atoms with Crippen molar-refractivity contribution in [3.63, 3.8) is 0 Å². The van der Waals surface area contributed by atoms with Gasteiger partial charge < -0.3 is 14.8 Å². The third-order valence-electron chi connectivity index (χ3n) is 5.66. The molecule has 1 heterocycles. The Labute approximate surface area is 193 Å². The lowest BCUT2D eigenvalue weighted by Crippen LogP contribution is -2.47. The van der Waals surface area contributed by atoms with Crippen molar-refractivity contribution in [2.45, 2.75) is 26.1 Å². The summed E-state index contributed by atoms with van der Waals surface area (Å²) in [6.45, 7) is 2.29. The number of ether oxygens (including phenoxy) is 2. The van der Waals surface area contributed by atoms with Crippen LogP contribution in [0.4, 0.5) is 4.79 Å². The summed E-state index contributed by atoms with van der Waals surface area (Å²) in [7, 11) is 1.59. The van der Waals surface area contributed by atoms with Gasteiger partial charge in [-0.3, -0.25) is 4.90 Å². The lowest BCUT2D eigenvalue weighted by molar-refractivity contribution is -0.141. The first-order chi connectivity index (χ1) is 16.1. The molecule has 3 aromatic carbocycles. The summed E-state index contributed by atoms with van der Waals surface area (Å²) in [5, 5.41) is 2.99. The number of hydrogen-bond acceptors (Lipinski definition) is 4. The predicted octanol–water partition coefficient (Wildman–Crippen LogP) is 4.98. The second-order valence-corrected chi connectivity index (χ2v) is 7.79. The zero-order valence-corrected chi connectivity index (χ0v) is 18.7. The first-order valence-corrected chi connectivity index (χ1v) is 10.7. The molecule has 6 heteroatoms. The van der Waals surface area contributed by atoms with Gasteiger partial charge in [0.25, 0.3) is 0 Å². The van der Waals surface area contributed by atoms with Crippen LogP contribution in [0.3, 0.4) is 0 Å². The molecule has 4 rings (SSSR count).